The molecule has 0 radical (unpaired) electrons. The average Bonchev–Trinajstić information content (AvgIpc) is 2.77. The first kappa shape index (κ1) is 10.4. The minimum absolute atomic E-state index is 0.176. The fourth-order valence-corrected chi connectivity index (χ4v) is 1.62. The van der Waals surface area contributed by atoms with Crippen LogP contribution in [-0.4, -0.2) is 16.8 Å². The maximum Gasteiger partial charge on any atom is 0.262 e. The lowest BCUT2D eigenvalue weighted by atomic mass is 10.1. The van der Waals surface area contributed by atoms with E-state index < -0.39 is 0 Å². The van der Waals surface area contributed by atoms with E-state index in [-0.39, 0.29) is 5.91 Å². The molecule has 0 aliphatic heterocycles. The van der Waals surface area contributed by atoms with Gasteiger partial charge in [-0.05, 0) is 30.7 Å². The summed E-state index contributed by atoms with van der Waals surface area (Å²) in [5.41, 5.74) is 1.88. The largest absolute Gasteiger partial charge is 0.296 e. The third-order valence-electron chi connectivity index (χ3n) is 2.50. The van der Waals surface area contributed by atoms with E-state index in [9.17, 15) is 9.59 Å². The van der Waals surface area contributed by atoms with E-state index in [0.29, 0.717) is 17.5 Å². The predicted molar refractivity (Wildman–Crippen MR) is 60.7 cm³/mol. The Labute approximate surface area is 93.3 Å². The van der Waals surface area contributed by atoms with Crippen molar-refractivity contribution in [3.63, 3.8) is 0 Å². The van der Waals surface area contributed by atoms with Gasteiger partial charge in [0.15, 0.2) is 6.29 Å². The minimum Gasteiger partial charge on any atom is -0.296 e. The standard InChI is InChI=1S/C13H11NO2/c1-10-5-2-3-7-12(10)13(16)14-8-4-6-11(14)9-15/h2-9H,1H3. The van der Waals surface area contributed by atoms with Crippen LogP contribution in [0.5, 0.6) is 0 Å². The number of carbonyl (C=O) groups excluding carboxylic acids is 2. The molecule has 0 amide bonds. The Morgan fingerprint density at radius 2 is 1.94 bits per heavy atom. The van der Waals surface area contributed by atoms with Crippen molar-refractivity contribution in [3.05, 3.63) is 59.4 Å². The monoisotopic (exact) mass is 213 g/mol. The molecule has 2 aromatic rings. The lowest BCUT2D eigenvalue weighted by Gasteiger charge is -2.06. The molecule has 3 nitrogen and oxygen atoms in total. The second kappa shape index (κ2) is 4.14. The summed E-state index contributed by atoms with van der Waals surface area (Å²) in [5, 5.41) is 0. The summed E-state index contributed by atoms with van der Waals surface area (Å²) in [6, 6.07) is 10.6. The van der Waals surface area contributed by atoms with Crippen molar-refractivity contribution in [1.82, 2.24) is 4.57 Å². The minimum atomic E-state index is -0.176. The number of aldehydes is 1. The van der Waals surface area contributed by atoms with Gasteiger partial charge in [-0.25, -0.2) is 0 Å². The highest BCUT2D eigenvalue weighted by molar-refractivity contribution is 5.99. The molecule has 80 valence electrons. The molecule has 0 spiro atoms. The van der Waals surface area contributed by atoms with Crippen LogP contribution in [0.2, 0.25) is 0 Å². The summed E-state index contributed by atoms with van der Waals surface area (Å²) in [4.78, 5) is 22.8. The quantitative estimate of drug-likeness (QED) is 0.718. The lowest BCUT2D eigenvalue weighted by molar-refractivity contribution is 0.0946. The van der Waals surface area contributed by atoms with Gasteiger partial charge in [0.05, 0.1) is 5.69 Å². The van der Waals surface area contributed by atoms with Gasteiger partial charge in [0.2, 0.25) is 0 Å². The van der Waals surface area contributed by atoms with E-state index in [0.717, 1.165) is 5.56 Å². The Bertz CT molecular complexity index is 540. The second-order valence-electron chi connectivity index (χ2n) is 3.54. The van der Waals surface area contributed by atoms with Crippen molar-refractivity contribution in [2.45, 2.75) is 6.92 Å². The third-order valence-corrected chi connectivity index (χ3v) is 2.50. The van der Waals surface area contributed by atoms with Gasteiger partial charge in [-0.3, -0.25) is 14.2 Å². The van der Waals surface area contributed by atoms with Crippen molar-refractivity contribution < 1.29 is 9.59 Å². The summed E-state index contributed by atoms with van der Waals surface area (Å²) < 4.78 is 1.36. The smallest absolute Gasteiger partial charge is 0.262 e. The highest BCUT2D eigenvalue weighted by atomic mass is 16.2. The van der Waals surface area contributed by atoms with Crippen molar-refractivity contribution >= 4 is 12.2 Å². The van der Waals surface area contributed by atoms with E-state index in [4.69, 9.17) is 0 Å². The van der Waals surface area contributed by atoms with Gasteiger partial charge in [0.1, 0.15) is 0 Å². The summed E-state index contributed by atoms with van der Waals surface area (Å²) in [6.07, 6.45) is 2.27. The summed E-state index contributed by atoms with van der Waals surface area (Å²) >= 11 is 0. The number of benzene rings is 1. The van der Waals surface area contributed by atoms with E-state index in [2.05, 4.69) is 0 Å². The zero-order valence-corrected chi connectivity index (χ0v) is 8.88. The number of aryl methyl sites for hydroxylation is 1. The fraction of sp³-hybridized carbons (Fsp3) is 0.0769. The molecule has 0 atom stereocenters. The van der Waals surface area contributed by atoms with Crippen LogP contribution in [0.25, 0.3) is 0 Å². The van der Waals surface area contributed by atoms with Crippen LogP contribution in [0.3, 0.4) is 0 Å². The predicted octanol–water partition coefficient (Wildman–Crippen LogP) is 2.30. The number of hydrogen-bond acceptors (Lipinski definition) is 2. The number of nitrogens with zero attached hydrogens (tertiary/aromatic N) is 1. The Hall–Kier alpha value is -2.16. The molecule has 1 heterocycles. The van der Waals surface area contributed by atoms with Crippen LogP contribution in [0.4, 0.5) is 0 Å². The SMILES string of the molecule is Cc1ccccc1C(=O)n1cccc1C=O. The number of hydrogen-bond donors (Lipinski definition) is 0. The maximum atomic E-state index is 12.1. The van der Waals surface area contributed by atoms with Crippen LogP contribution in [0.15, 0.2) is 42.6 Å². The highest BCUT2D eigenvalue weighted by Crippen LogP contribution is 2.11. The first-order chi connectivity index (χ1) is 7.74. The zero-order valence-electron chi connectivity index (χ0n) is 8.88. The molecule has 0 fully saturated rings. The molecule has 16 heavy (non-hydrogen) atoms. The molecule has 0 saturated carbocycles. The molecule has 1 aromatic carbocycles. The van der Waals surface area contributed by atoms with Gasteiger partial charge in [0, 0.05) is 11.8 Å². The average molecular weight is 213 g/mol. The van der Waals surface area contributed by atoms with Gasteiger partial charge >= 0.3 is 0 Å². The molecule has 0 bridgehead atoms. The molecular formula is C13H11NO2. The maximum absolute atomic E-state index is 12.1. The molecular weight excluding hydrogens is 202 g/mol. The molecule has 0 unspecified atom stereocenters. The third kappa shape index (κ3) is 1.67. The van der Waals surface area contributed by atoms with Gasteiger partial charge < -0.3 is 0 Å². The Morgan fingerprint density at radius 3 is 2.62 bits per heavy atom. The van der Waals surface area contributed by atoms with E-state index in [1.807, 2.05) is 25.1 Å². The Balaban J connectivity index is 2.47. The first-order valence-corrected chi connectivity index (χ1v) is 4.97. The van der Waals surface area contributed by atoms with Crippen LogP contribution < -0.4 is 0 Å². The number of aromatic nitrogens is 1. The first-order valence-electron chi connectivity index (χ1n) is 4.97. The van der Waals surface area contributed by atoms with Gasteiger partial charge in [-0.2, -0.15) is 0 Å². The fourth-order valence-electron chi connectivity index (χ4n) is 1.62. The van der Waals surface area contributed by atoms with Crippen molar-refractivity contribution in [1.29, 1.82) is 0 Å². The number of rotatable bonds is 2. The van der Waals surface area contributed by atoms with Gasteiger partial charge in [-0.1, -0.05) is 18.2 Å². The van der Waals surface area contributed by atoms with Crippen LogP contribution >= 0.6 is 0 Å². The van der Waals surface area contributed by atoms with E-state index in [1.54, 1.807) is 24.4 Å². The van der Waals surface area contributed by atoms with Crippen LogP contribution in [0, 0.1) is 6.92 Å². The second-order valence-corrected chi connectivity index (χ2v) is 3.54. The molecule has 0 N–H and O–H groups in total. The molecule has 3 heteroatoms. The van der Waals surface area contributed by atoms with Crippen LogP contribution in [-0.2, 0) is 0 Å². The molecule has 0 saturated heterocycles. The van der Waals surface area contributed by atoms with Crippen LogP contribution in [0.1, 0.15) is 26.4 Å². The Kier molecular flexibility index (Phi) is 2.68. The van der Waals surface area contributed by atoms with Gasteiger partial charge in [-0.15, -0.1) is 0 Å². The molecule has 2 rings (SSSR count). The van der Waals surface area contributed by atoms with Crippen molar-refractivity contribution in [2.75, 3.05) is 0 Å². The van der Waals surface area contributed by atoms with E-state index in [1.165, 1.54) is 4.57 Å². The summed E-state index contributed by atoms with van der Waals surface area (Å²) in [5.74, 6) is -0.176. The summed E-state index contributed by atoms with van der Waals surface area (Å²) in [7, 11) is 0. The Morgan fingerprint density at radius 1 is 1.19 bits per heavy atom. The normalized spacial score (nSPS) is 10.1. The number of carbonyl (C=O) groups is 2. The molecule has 0 aliphatic rings. The highest BCUT2D eigenvalue weighted by Gasteiger charge is 2.12. The molecule has 0 aliphatic carbocycles. The molecule has 1 aromatic heterocycles. The van der Waals surface area contributed by atoms with Gasteiger partial charge in [0.25, 0.3) is 5.91 Å². The topological polar surface area (TPSA) is 39.1 Å². The summed E-state index contributed by atoms with van der Waals surface area (Å²) in [6.45, 7) is 1.87. The van der Waals surface area contributed by atoms with Crippen molar-refractivity contribution in [3.8, 4) is 0 Å². The van der Waals surface area contributed by atoms with Crippen molar-refractivity contribution in [2.24, 2.45) is 0 Å². The lowest BCUT2D eigenvalue weighted by Crippen LogP contribution is -2.14. The zero-order chi connectivity index (χ0) is 11.5. The van der Waals surface area contributed by atoms with E-state index >= 15 is 0 Å².